The Labute approximate surface area is 110 Å². The summed E-state index contributed by atoms with van der Waals surface area (Å²) in [6, 6.07) is 9.76. The van der Waals surface area contributed by atoms with Gasteiger partial charge in [-0.1, -0.05) is 42.5 Å². The zero-order valence-corrected chi connectivity index (χ0v) is 10.4. The van der Waals surface area contributed by atoms with Gasteiger partial charge in [0.25, 0.3) is 0 Å². The van der Waals surface area contributed by atoms with Gasteiger partial charge < -0.3 is 5.32 Å². The van der Waals surface area contributed by atoms with Crippen molar-refractivity contribution < 1.29 is 9.59 Å². The summed E-state index contributed by atoms with van der Waals surface area (Å²) in [7, 11) is 0. The Hall–Kier alpha value is -2.01. The van der Waals surface area contributed by atoms with Crippen molar-refractivity contribution >= 4 is 35.2 Å². The van der Waals surface area contributed by atoms with Crippen molar-refractivity contribution in [2.75, 3.05) is 6.54 Å². The Balaban J connectivity index is 1.98. The maximum Gasteiger partial charge on any atom is 0.238 e. The van der Waals surface area contributed by atoms with Crippen molar-refractivity contribution in [2.45, 2.75) is 6.42 Å². The van der Waals surface area contributed by atoms with Gasteiger partial charge in [0, 0.05) is 6.54 Å². The fourth-order valence-electron chi connectivity index (χ4n) is 1.62. The van der Waals surface area contributed by atoms with Gasteiger partial charge in [-0.15, -0.1) is 0 Å². The summed E-state index contributed by atoms with van der Waals surface area (Å²) in [5.41, 5.74) is 1.05. The van der Waals surface area contributed by atoms with Crippen molar-refractivity contribution in [3.8, 4) is 0 Å². The quantitative estimate of drug-likeness (QED) is 0.659. The summed E-state index contributed by atoms with van der Waals surface area (Å²) in [6.45, 7) is 0.368. The van der Waals surface area contributed by atoms with E-state index in [4.69, 9.17) is 12.2 Å². The summed E-state index contributed by atoms with van der Waals surface area (Å²) in [6.07, 6.45) is 3.61. The SMILES string of the molecule is O=C1CC(=O)N(CC=Cc2ccccc2)C(=S)N1. The molecule has 1 aromatic carbocycles. The van der Waals surface area contributed by atoms with Gasteiger partial charge in [-0.05, 0) is 17.8 Å². The highest BCUT2D eigenvalue weighted by molar-refractivity contribution is 7.80. The summed E-state index contributed by atoms with van der Waals surface area (Å²) in [4.78, 5) is 24.0. The van der Waals surface area contributed by atoms with Crippen LogP contribution in [-0.4, -0.2) is 28.4 Å². The number of hydrogen-bond donors (Lipinski definition) is 1. The molecule has 0 unspecified atom stereocenters. The number of benzene rings is 1. The smallest absolute Gasteiger partial charge is 0.238 e. The van der Waals surface area contributed by atoms with E-state index in [2.05, 4.69) is 5.32 Å². The molecule has 1 aliphatic heterocycles. The first-order valence-electron chi connectivity index (χ1n) is 5.52. The van der Waals surface area contributed by atoms with Gasteiger partial charge in [-0.25, -0.2) is 0 Å². The Morgan fingerprint density at radius 1 is 1.28 bits per heavy atom. The molecule has 1 saturated heterocycles. The lowest BCUT2D eigenvalue weighted by atomic mass is 10.2. The number of hydrogen-bond acceptors (Lipinski definition) is 3. The Bertz CT molecular complexity index is 491. The van der Waals surface area contributed by atoms with Gasteiger partial charge in [0.15, 0.2) is 5.11 Å². The number of nitrogens with one attached hydrogen (secondary N) is 1. The minimum Gasteiger partial charge on any atom is -0.302 e. The number of thiocarbonyl (C=S) groups is 1. The molecule has 1 aliphatic rings. The lowest BCUT2D eigenvalue weighted by molar-refractivity contribution is -0.134. The highest BCUT2D eigenvalue weighted by Crippen LogP contribution is 2.05. The molecule has 1 fully saturated rings. The molecule has 0 spiro atoms. The molecule has 0 aromatic heterocycles. The van der Waals surface area contributed by atoms with E-state index in [1.807, 2.05) is 42.5 Å². The molecule has 0 bridgehead atoms. The van der Waals surface area contributed by atoms with Crippen molar-refractivity contribution in [3.05, 3.63) is 42.0 Å². The average molecular weight is 260 g/mol. The third-order valence-electron chi connectivity index (χ3n) is 2.50. The lowest BCUT2D eigenvalue weighted by Gasteiger charge is -2.26. The molecule has 2 rings (SSSR count). The molecule has 0 saturated carbocycles. The van der Waals surface area contributed by atoms with Crippen LogP contribution >= 0.6 is 12.2 Å². The summed E-state index contributed by atoms with van der Waals surface area (Å²) in [5, 5.41) is 2.65. The molecular formula is C13H12N2O2S. The topological polar surface area (TPSA) is 49.4 Å². The van der Waals surface area contributed by atoms with Crippen LogP contribution < -0.4 is 5.32 Å². The monoisotopic (exact) mass is 260 g/mol. The van der Waals surface area contributed by atoms with Crippen LogP contribution in [-0.2, 0) is 9.59 Å². The fourth-order valence-corrected chi connectivity index (χ4v) is 1.91. The molecule has 0 aliphatic carbocycles. The lowest BCUT2D eigenvalue weighted by Crippen LogP contribution is -2.52. The van der Waals surface area contributed by atoms with Gasteiger partial charge in [-0.3, -0.25) is 14.5 Å². The molecule has 1 N–H and O–H groups in total. The highest BCUT2D eigenvalue weighted by atomic mass is 32.1. The number of rotatable bonds is 3. The molecule has 92 valence electrons. The molecule has 4 nitrogen and oxygen atoms in total. The molecular weight excluding hydrogens is 248 g/mol. The fraction of sp³-hybridized carbons (Fsp3) is 0.154. The van der Waals surface area contributed by atoms with Crippen LogP contribution in [0.15, 0.2) is 36.4 Å². The largest absolute Gasteiger partial charge is 0.302 e. The van der Waals surface area contributed by atoms with Gasteiger partial charge in [0.2, 0.25) is 11.8 Å². The van der Waals surface area contributed by atoms with Crippen molar-refractivity contribution in [2.24, 2.45) is 0 Å². The predicted octanol–water partition coefficient (Wildman–Crippen LogP) is 1.33. The van der Waals surface area contributed by atoms with Crippen LogP contribution in [0.25, 0.3) is 6.08 Å². The van der Waals surface area contributed by atoms with E-state index in [0.717, 1.165) is 5.56 Å². The molecule has 2 amide bonds. The average Bonchev–Trinajstić information content (AvgIpc) is 2.34. The zero-order chi connectivity index (χ0) is 13.0. The summed E-state index contributed by atoms with van der Waals surface area (Å²) < 4.78 is 0. The van der Waals surface area contributed by atoms with E-state index < -0.39 is 0 Å². The first kappa shape index (κ1) is 12.4. The van der Waals surface area contributed by atoms with Gasteiger partial charge in [-0.2, -0.15) is 0 Å². The van der Waals surface area contributed by atoms with Crippen LogP contribution in [0.2, 0.25) is 0 Å². The second kappa shape index (κ2) is 5.55. The number of carbonyl (C=O) groups excluding carboxylic acids is 2. The van der Waals surface area contributed by atoms with Gasteiger partial charge in [0.05, 0.1) is 0 Å². The number of nitrogens with zero attached hydrogens (tertiary/aromatic N) is 1. The molecule has 1 aromatic rings. The molecule has 0 atom stereocenters. The minimum atomic E-state index is -0.340. The molecule has 18 heavy (non-hydrogen) atoms. The highest BCUT2D eigenvalue weighted by Gasteiger charge is 2.26. The van der Waals surface area contributed by atoms with Crippen LogP contribution in [0.5, 0.6) is 0 Å². The van der Waals surface area contributed by atoms with Crippen LogP contribution in [0.3, 0.4) is 0 Å². The maximum atomic E-state index is 11.6. The number of amides is 2. The van der Waals surface area contributed by atoms with E-state index in [1.165, 1.54) is 4.90 Å². The van der Waals surface area contributed by atoms with Gasteiger partial charge >= 0.3 is 0 Å². The van der Waals surface area contributed by atoms with E-state index in [0.29, 0.717) is 6.54 Å². The van der Waals surface area contributed by atoms with Crippen LogP contribution in [0.1, 0.15) is 12.0 Å². The molecule has 5 heteroatoms. The van der Waals surface area contributed by atoms with E-state index >= 15 is 0 Å². The predicted molar refractivity (Wildman–Crippen MR) is 72.5 cm³/mol. The van der Waals surface area contributed by atoms with Crippen molar-refractivity contribution in [1.82, 2.24) is 10.2 Å². The Morgan fingerprint density at radius 2 is 2.00 bits per heavy atom. The summed E-state index contributed by atoms with van der Waals surface area (Å²) in [5.74, 6) is -0.602. The number of carbonyl (C=O) groups is 2. The second-order valence-electron chi connectivity index (χ2n) is 3.85. The molecule has 1 heterocycles. The molecule has 0 radical (unpaired) electrons. The standard InChI is InChI=1S/C13H12N2O2S/c16-11-9-12(17)15(13(18)14-11)8-4-7-10-5-2-1-3-6-10/h1-7H,8-9H2,(H,14,16,18). The van der Waals surface area contributed by atoms with Crippen molar-refractivity contribution in [1.29, 1.82) is 0 Å². The van der Waals surface area contributed by atoms with Crippen LogP contribution in [0.4, 0.5) is 0 Å². The Kier molecular flexibility index (Phi) is 3.84. The third kappa shape index (κ3) is 3.01. The van der Waals surface area contributed by atoms with E-state index in [9.17, 15) is 9.59 Å². The maximum absolute atomic E-state index is 11.6. The van der Waals surface area contributed by atoms with E-state index in [1.54, 1.807) is 0 Å². The van der Waals surface area contributed by atoms with Crippen molar-refractivity contribution in [3.63, 3.8) is 0 Å². The van der Waals surface area contributed by atoms with E-state index in [-0.39, 0.29) is 23.3 Å². The third-order valence-corrected chi connectivity index (χ3v) is 2.82. The normalized spacial score (nSPS) is 16.2. The first-order chi connectivity index (χ1) is 8.66. The summed E-state index contributed by atoms with van der Waals surface area (Å²) >= 11 is 4.95. The second-order valence-corrected chi connectivity index (χ2v) is 4.23. The minimum absolute atomic E-state index is 0.140. The zero-order valence-electron chi connectivity index (χ0n) is 9.63. The Morgan fingerprint density at radius 3 is 2.67 bits per heavy atom. The van der Waals surface area contributed by atoms with Gasteiger partial charge in [0.1, 0.15) is 6.42 Å². The first-order valence-corrected chi connectivity index (χ1v) is 5.93. The van der Waals surface area contributed by atoms with Crippen LogP contribution in [0, 0.1) is 0 Å².